The number of piperidine rings is 1. The molecule has 5 unspecified atom stereocenters. The van der Waals surface area contributed by atoms with Gasteiger partial charge in [0.15, 0.2) is 0 Å². The van der Waals surface area contributed by atoms with E-state index in [1.807, 2.05) is 0 Å². The molecule has 2 aliphatic heterocycles. The van der Waals surface area contributed by atoms with Crippen molar-refractivity contribution in [3.63, 3.8) is 0 Å². The van der Waals surface area contributed by atoms with Crippen LogP contribution in [0.2, 0.25) is 0 Å². The van der Waals surface area contributed by atoms with Crippen LogP contribution >= 0.6 is 0 Å². The first-order chi connectivity index (χ1) is 13.7. The number of hydrogen-bond acceptors (Lipinski definition) is 8. The first kappa shape index (κ1) is 24.3. The van der Waals surface area contributed by atoms with Crippen LogP contribution in [0.15, 0.2) is 0 Å². The Bertz CT molecular complexity index is 513. The number of aliphatic hydroxyl groups is 2. The van der Waals surface area contributed by atoms with Gasteiger partial charge in [0, 0.05) is 19.6 Å². The Morgan fingerprint density at radius 3 is 2.79 bits per heavy atom. The zero-order valence-electron chi connectivity index (χ0n) is 16.4. The van der Waals surface area contributed by atoms with Crippen molar-refractivity contribution in [2.24, 2.45) is 17.6 Å². The molecule has 2 saturated heterocycles. The molecular formula is C17H33F3N6O3. The van der Waals surface area contributed by atoms with Gasteiger partial charge >= 0.3 is 6.18 Å². The number of nitrogens with two attached hydrogens (primary N) is 1. The minimum atomic E-state index is -4.21. The standard InChI is InChI=1S/C17H33F3N6O3/c18-17(19,20)14-2-4-22-6-11(14)8-26-9-12(7-24-26)25-16(29)15(21)5-13(28)1-3-23-10-27/h11-15,22-24,27-28H,1-10,21H2,(H,25,29). The molecule has 2 fully saturated rings. The summed E-state index contributed by atoms with van der Waals surface area (Å²) < 4.78 is 39.7. The monoisotopic (exact) mass is 426 g/mol. The van der Waals surface area contributed by atoms with Crippen molar-refractivity contribution in [2.45, 2.75) is 43.6 Å². The number of alkyl halides is 3. The van der Waals surface area contributed by atoms with Gasteiger partial charge in [-0.2, -0.15) is 13.2 Å². The Kier molecular flexibility index (Phi) is 9.53. The molecule has 9 nitrogen and oxygen atoms in total. The lowest BCUT2D eigenvalue weighted by Crippen LogP contribution is -2.50. The number of rotatable bonds is 10. The summed E-state index contributed by atoms with van der Waals surface area (Å²) in [5.41, 5.74) is 8.89. The molecule has 0 aromatic rings. The van der Waals surface area contributed by atoms with Crippen LogP contribution in [-0.2, 0) is 4.79 Å². The van der Waals surface area contributed by atoms with Crippen LogP contribution in [0.5, 0.6) is 0 Å². The maximum absolute atomic E-state index is 13.2. The van der Waals surface area contributed by atoms with E-state index in [2.05, 4.69) is 21.4 Å². The number of amides is 1. The van der Waals surface area contributed by atoms with Crippen molar-refractivity contribution in [3.05, 3.63) is 0 Å². The first-order valence-corrected chi connectivity index (χ1v) is 10.0. The first-order valence-electron chi connectivity index (χ1n) is 10.0. The fraction of sp³-hybridized carbons (Fsp3) is 0.941. The van der Waals surface area contributed by atoms with Crippen LogP contribution in [0.25, 0.3) is 0 Å². The number of carbonyl (C=O) groups is 1. The molecule has 0 aromatic heterocycles. The summed E-state index contributed by atoms with van der Waals surface area (Å²) in [6.45, 7) is 1.94. The van der Waals surface area contributed by atoms with Gasteiger partial charge in [0.1, 0.15) is 0 Å². The third-order valence-corrected chi connectivity index (χ3v) is 5.46. The third-order valence-electron chi connectivity index (χ3n) is 5.46. The topological polar surface area (TPSA) is 135 Å². The van der Waals surface area contributed by atoms with Gasteiger partial charge in [0.2, 0.25) is 5.91 Å². The average Bonchev–Trinajstić information content (AvgIpc) is 3.08. The summed E-state index contributed by atoms with van der Waals surface area (Å²) in [5.74, 6) is -2.27. The van der Waals surface area contributed by atoms with Crippen LogP contribution in [0.3, 0.4) is 0 Å². The van der Waals surface area contributed by atoms with Crippen molar-refractivity contribution in [3.8, 4) is 0 Å². The second-order valence-electron chi connectivity index (χ2n) is 7.82. The Hall–Kier alpha value is -1.02. The molecule has 170 valence electrons. The van der Waals surface area contributed by atoms with Gasteiger partial charge in [-0.3, -0.25) is 15.5 Å². The third kappa shape index (κ3) is 7.96. The molecule has 0 saturated carbocycles. The van der Waals surface area contributed by atoms with Crippen molar-refractivity contribution >= 4 is 5.91 Å². The average molecular weight is 426 g/mol. The van der Waals surface area contributed by atoms with Gasteiger partial charge in [-0.25, -0.2) is 5.01 Å². The van der Waals surface area contributed by atoms with E-state index in [-0.39, 0.29) is 32.2 Å². The van der Waals surface area contributed by atoms with E-state index < -0.39 is 36.1 Å². The molecule has 0 radical (unpaired) electrons. The van der Waals surface area contributed by atoms with Gasteiger partial charge in [0.25, 0.3) is 0 Å². The Morgan fingerprint density at radius 1 is 1.34 bits per heavy atom. The van der Waals surface area contributed by atoms with Crippen molar-refractivity contribution in [1.29, 1.82) is 0 Å². The second-order valence-corrected chi connectivity index (χ2v) is 7.82. The molecule has 5 atom stereocenters. The van der Waals surface area contributed by atoms with Crippen LogP contribution in [0.1, 0.15) is 19.3 Å². The lowest BCUT2D eigenvalue weighted by Gasteiger charge is -2.35. The van der Waals surface area contributed by atoms with Crippen LogP contribution in [-0.4, -0.2) is 91.5 Å². The van der Waals surface area contributed by atoms with Crippen molar-refractivity contribution in [2.75, 3.05) is 46.0 Å². The van der Waals surface area contributed by atoms with E-state index >= 15 is 0 Å². The van der Waals surface area contributed by atoms with Gasteiger partial charge in [0.05, 0.1) is 30.8 Å². The van der Waals surface area contributed by atoms with Crippen molar-refractivity contribution in [1.82, 2.24) is 26.4 Å². The summed E-state index contributed by atoms with van der Waals surface area (Å²) in [6.07, 6.45) is -4.46. The summed E-state index contributed by atoms with van der Waals surface area (Å²) >= 11 is 0. The van der Waals surface area contributed by atoms with Gasteiger partial charge in [-0.1, -0.05) is 0 Å². The number of carbonyl (C=O) groups excluding carboxylic acids is 1. The highest BCUT2D eigenvalue weighted by molar-refractivity contribution is 5.81. The number of nitrogens with zero attached hydrogens (tertiary/aromatic N) is 1. The fourth-order valence-electron chi connectivity index (χ4n) is 3.87. The highest BCUT2D eigenvalue weighted by Gasteiger charge is 2.46. The number of hydrazine groups is 1. The minimum Gasteiger partial charge on any atom is -0.393 e. The predicted octanol–water partition coefficient (Wildman–Crippen LogP) is -1.91. The summed E-state index contributed by atoms with van der Waals surface area (Å²) in [5, 5.41) is 28.7. The van der Waals surface area contributed by atoms with Crippen molar-refractivity contribution < 1.29 is 28.2 Å². The molecular weight excluding hydrogens is 393 g/mol. The summed E-state index contributed by atoms with van der Waals surface area (Å²) in [4.78, 5) is 12.2. The highest BCUT2D eigenvalue weighted by Crippen LogP contribution is 2.36. The predicted molar refractivity (Wildman–Crippen MR) is 100 cm³/mol. The molecule has 8 N–H and O–H groups in total. The molecule has 12 heteroatoms. The zero-order chi connectivity index (χ0) is 21.4. The molecule has 2 aliphatic rings. The quantitative estimate of drug-likeness (QED) is 0.159. The summed E-state index contributed by atoms with van der Waals surface area (Å²) in [6, 6.07) is -1.15. The second kappa shape index (κ2) is 11.4. The lowest BCUT2D eigenvalue weighted by atomic mass is 9.85. The van der Waals surface area contributed by atoms with E-state index in [0.717, 1.165) is 0 Å². The Balaban J connectivity index is 1.73. The van der Waals surface area contributed by atoms with Gasteiger partial charge in [-0.05, 0) is 44.8 Å². The Labute approximate surface area is 168 Å². The SMILES string of the molecule is NC(CC(O)CCNCO)C(=O)NC1CNN(CC2CNCCC2C(F)(F)F)C1. The summed E-state index contributed by atoms with van der Waals surface area (Å²) in [7, 11) is 0. The van der Waals surface area contributed by atoms with E-state index in [1.54, 1.807) is 5.01 Å². The van der Waals surface area contributed by atoms with E-state index in [1.165, 1.54) is 0 Å². The number of aliphatic hydroxyl groups excluding tert-OH is 2. The van der Waals surface area contributed by atoms with Gasteiger partial charge in [-0.15, -0.1) is 0 Å². The maximum atomic E-state index is 13.2. The van der Waals surface area contributed by atoms with E-state index in [9.17, 15) is 23.1 Å². The van der Waals surface area contributed by atoms with Crippen LogP contribution < -0.4 is 27.1 Å². The molecule has 2 heterocycles. The molecule has 0 spiro atoms. The number of halogens is 3. The van der Waals surface area contributed by atoms with E-state index in [4.69, 9.17) is 10.8 Å². The van der Waals surface area contributed by atoms with E-state index in [0.29, 0.717) is 39.1 Å². The maximum Gasteiger partial charge on any atom is 0.392 e. The molecule has 0 aliphatic carbocycles. The number of nitrogens with one attached hydrogen (secondary N) is 4. The molecule has 1 amide bonds. The lowest BCUT2D eigenvalue weighted by molar-refractivity contribution is -0.196. The van der Waals surface area contributed by atoms with Gasteiger partial charge < -0.3 is 26.6 Å². The smallest absolute Gasteiger partial charge is 0.392 e. The van der Waals surface area contributed by atoms with Crippen LogP contribution in [0.4, 0.5) is 13.2 Å². The minimum absolute atomic E-state index is 0.0766. The largest absolute Gasteiger partial charge is 0.393 e. The normalized spacial score (nSPS) is 28.3. The van der Waals surface area contributed by atoms with Crippen LogP contribution in [0, 0.1) is 11.8 Å². The zero-order valence-corrected chi connectivity index (χ0v) is 16.4. The Morgan fingerprint density at radius 2 is 2.10 bits per heavy atom. The fourth-order valence-corrected chi connectivity index (χ4v) is 3.87. The number of hydrogen-bond donors (Lipinski definition) is 7. The molecule has 0 bridgehead atoms. The highest BCUT2D eigenvalue weighted by atomic mass is 19.4. The molecule has 29 heavy (non-hydrogen) atoms. The molecule has 2 rings (SSSR count). The molecule has 0 aromatic carbocycles.